The van der Waals surface area contributed by atoms with Crippen LogP contribution in [0.5, 0.6) is 0 Å². The Labute approximate surface area is 116 Å². The number of amidine groups is 1. The zero-order chi connectivity index (χ0) is 12.2. The first-order valence-corrected chi connectivity index (χ1v) is 6.12. The number of nitrogens with one attached hydrogen (secondary N) is 2. The van der Waals surface area contributed by atoms with Gasteiger partial charge >= 0.3 is 5.97 Å². The highest BCUT2D eigenvalue weighted by Gasteiger charge is 2.00. The first kappa shape index (κ1) is 19.0. The molecule has 0 spiro atoms. The molecule has 0 aliphatic carbocycles. The van der Waals surface area contributed by atoms with E-state index < -0.39 is 0 Å². The van der Waals surface area contributed by atoms with Gasteiger partial charge in [0, 0.05) is 18.7 Å². The van der Waals surface area contributed by atoms with E-state index >= 15 is 0 Å². The molecule has 0 aromatic carbocycles. The number of hydroxylamine groups is 1. The summed E-state index contributed by atoms with van der Waals surface area (Å²) >= 11 is 1.25. The molecule has 0 aliphatic rings. The van der Waals surface area contributed by atoms with E-state index in [4.69, 9.17) is 20.7 Å². The summed E-state index contributed by atoms with van der Waals surface area (Å²) in [5.41, 5.74) is 7.86. The fraction of sp³-hybridized carbons (Fsp3) is 0.778. The van der Waals surface area contributed by atoms with Gasteiger partial charge in [-0.25, -0.2) is 5.48 Å². The Morgan fingerprint density at radius 2 is 2.24 bits per heavy atom. The fourth-order valence-corrected chi connectivity index (χ4v) is 1.27. The normalized spacial score (nSPS) is 9.47. The lowest BCUT2D eigenvalue weighted by Gasteiger charge is -2.05. The average molecular weight is 330 g/mol. The van der Waals surface area contributed by atoms with E-state index in [1.165, 1.54) is 11.8 Å². The van der Waals surface area contributed by atoms with Crippen LogP contribution in [0.15, 0.2) is 0 Å². The second kappa shape index (κ2) is 13.8. The monoisotopic (exact) mass is 329 g/mol. The number of ether oxygens (including phenoxy) is 1. The zero-order valence-electron chi connectivity index (χ0n) is 9.86. The van der Waals surface area contributed by atoms with Crippen molar-refractivity contribution in [3.63, 3.8) is 0 Å². The molecule has 0 saturated carbocycles. The third kappa shape index (κ3) is 15.7. The Kier molecular flexibility index (Phi) is 15.4. The molecule has 102 valence electrons. The van der Waals surface area contributed by atoms with E-state index in [0.717, 1.165) is 0 Å². The molecule has 0 fully saturated rings. The molecule has 17 heavy (non-hydrogen) atoms. The highest BCUT2D eigenvalue weighted by molar-refractivity contribution is 8.93. The van der Waals surface area contributed by atoms with E-state index in [-0.39, 0.29) is 28.1 Å². The summed E-state index contributed by atoms with van der Waals surface area (Å²) < 4.78 is 4.76. The Hall–Kier alpha value is -0.310. The van der Waals surface area contributed by atoms with Crippen molar-refractivity contribution in [3.8, 4) is 0 Å². The number of esters is 1. The van der Waals surface area contributed by atoms with Gasteiger partial charge in [0.2, 0.25) is 0 Å². The lowest BCUT2D eigenvalue weighted by Crippen LogP contribution is -2.20. The number of thioether (sulfide) groups is 1. The van der Waals surface area contributed by atoms with Crippen LogP contribution in [0.25, 0.3) is 0 Å². The van der Waals surface area contributed by atoms with Gasteiger partial charge in [0.1, 0.15) is 0 Å². The van der Waals surface area contributed by atoms with Crippen LogP contribution >= 0.6 is 28.7 Å². The molecule has 0 atom stereocenters. The maximum Gasteiger partial charge on any atom is 0.305 e. The zero-order valence-corrected chi connectivity index (χ0v) is 12.4. The van der Waals surface area contributed by atoms with Gasteiger partial charge in [-0.05, 0) is 13.3 Å². The lowest BCUT2D eigenvalue weighted by molar-refractivity contribution is -0.143. The standard InChI is InChI=1S/C9H19N3O3S.BrH/c1-2-14-8(13)4-3-6-15-12-5-7-16-9(10)11;/h12H,2-7H2,1H3,(H3,10,11);1H. The summed E-state index contributed by atoms with van der Waals surface area (Å²) in [6, 6.07) is 0. The molecule has 0 aromatic heterocycles. The number of carbonyl (C=O) groups excluding carboxylic acids is 1. The van der Waals surface area contributed by atoms with Crippen molar-refractivity contribution in [2.24, 2.45) is 5.73 Å². The Morgan fingerprint density at radius 3 is 2.82 bits per heavy atom. The number of nitrogens with two attached hydrogens (primary N) is 1. The summed E-state index contributed by atoms with van der Waals surface area (Å²) in [4.78, 5) is 16.0. The van der Waals surface area contributed by atoms with E-state index in [9.17, 15) is 4.79 Å². The number of halogens is 1. The van der Waals surface area contributed by atoms with Crippen LogP contribution in [0.4, 0.5) is 0 Å². The van der Waals surface area contributed by atoms with Gasteiger partial charge in [-0.2, -0.15) is 0 Å². The lowest BCUT2D eigenvalue weighted by atomic mass is 10.3. The van der Waals surface area contributed by atoms with E-state index in [0.29, 0.717) is 38.4 Å². The van der Waals surface area contributed by atoms with Crippen molar-refractivity contribution in [1.29, 1.82) is 5.41 Å². The first-order chi connectivity index (χ1) is 7.66. The largest absolute Gasteiger partial charge is 0.466 e. The molecule has 4 N–H and O–H groups in total. The van der Waals surface area contributed by atoms with E-state index in [1.807, 2.05) is 0 Å². The van der Waals surface area contributed by atoms with Crippen molar-refractivity contribution in [2.75, 3.05) is 25.5 Å². The molecular weight excluding hydrogens is 310 g/mol. The van der Waals surface area contributed by atoms with Gasteiger partial charge in [0.15, 0.2) is 5.17 Å². The van der Waals surface area contributed by atoms with Gasteiger partial charge in [-0.15, -0.1) is 17.0 Å². The van der Waals surface area contributed by atoms with Gasteiger partial charge in [0.25, 0.3) is 0 Å². The van der Waals surface area contributed by atoms with E-state index in [2.05, 4.69) is 5.48 Å². The quantitative estimate of drug-likeness (QED) is 0.192. The third-order valence-electron chi connectivity index (χ3n) is 1.50. The predicted octanol–water partition coefficient (Wildman–Crippen LogP) is 1.06. The first-order valence-electron chi connectivity index (χ1n) is 5.14. The number of rotatable bonds is 9. The van der Waals surface area contributed by atoms with Crippen LogP contribution in [0, 0.1) is 5.41 Å². The fourth-order valence-electron chi connectivity index (χ4n) is 0.869. The van der Waals surface area contributed by atoms with Crippen molar-refractivity contribution < 1.29 is 14.4 Å². The average Bonchev–Trinajstić information content (AvgIpc) is 2.22. The van der Waals surface area contributed by atoms with Crippen LogP contribution in [0.3, 0.4) is 0 Å². The van der Waals surface area contributed by atoms with Crippen molar-refractivity contribution in [1.82, 2.24) is 5.48 Å². The Balaban J connectivity index is 0. The summed E-state index contributed by atoms with van der Waals surface area (Å²) in [6.07, 6.45) is 1.00. The second-order valence-corrected chi connectivity index (χ2v) is 4.00. The molecular formula is C9H20BrN3O3S. The molecule has 6 nitrogen and oxygen atoms in total. The number of hydrogen-bond acceptors (Lipinski definition) is 6. The third-order valence-corrected chi connectivity index (χ3v) is 2.22. The minimum atomic E-state index is -0.196. The van der Waals surface area contributed by atoms with Crippen LogP contribution in [-0.4, -0.2) is 36.6 Å². The molecule has 0 aromatic rings. The number of carbonyl (C=O) groups is 1. The highest BCUT2D eigenvalue weighted by atomic mass is 79.9. The van der Waals surface area contributed by atoms with Crippen molar-refractivity contribution in [3.05, 3.63) is 0 Å². The summed E-state index contributed by atoms with van der Waals surface area (Å²) in [7, 11) is 0. The van der Waals surface area contributed by atoms with Crippen LogP contribution in [0.1, 0.15) is 19.8 Å². The van der Waals surface area contributed by atoms with Crippen LogP contribution in [0.2, 0.25) is 0 Å². The second-order valence-electron chi connectivity index (χ2n) is 2.86. The molecule has 8 heteroatoms. The van der Waals surface area contributed by atoms with Crippen molar-refractivity contribution >= 4 is 39.9 Å². The highest BCUT2D eigenvalue weighted by Crippen LogP contribution is 1.95. The van der Waals surface area contributed by atoms with Crippen LogP contribution < -0.4 is 11.2 Å². The number of hydrogen-bond donors (Lipinski definition) is 3. The molecule has 0 unspecified atom stereocenters. The van der Waals surface area contributed by atoms with Crippen molar-refractivity contribution in [2.45, 2.75) is 19.8 Å². The van der Waals surface area contributed by atoms with Gasteiger partial charge in [-0.1, -0.05) is 11.8 Å². The topological polar surface area (TPSA) is 97.4 Å². The Morgan fingerprint density at radius 1 is 1.53 bits per heavy atom. The molecule has 0 bridgehead atoms. The van der Waals surface area contributed by atoms with Gasteiger partial charge in [-0.3, -0.25) is 10.2 Å². The SMILES string of the molecule is Br.CCOC(=O)CCCONCCSC(=N)N. The predicted molar refractivity (Wildman–Crippen MR) is 74.5 cm³/mol. The maximum absolute atomic E-state index is 10.9. The van der Waals surface area contributed by atoms with E-state index in [1.54, 1.807) is 6.92 Å². The molecule has 0 heterocycles. The molecule has 0 amide bonds. The molecule has 0 radical (unpaired) electrons. The molecule has 0 saturated heterocycles. The summed E-state index contributed by atoms with van der Waals surface area (Å²) in [5, 5.41) is 7.05. The minimum absolute atomic E-state index is 0. The Bertz CT molecular complexity index is 220. The van der Waals surface area contributed by atoms with Crippen LogP contribution in [-0.2, 0) is 14.4 Å². The minimum Gasteiger partial charge on any atom is -0.466 e. The maximum atomic E-state index is 10.9. The summed E-state index contributed by atoms with van der Waals surface area (Å²) in [5.74, 6) is 0.492. The molecule has 0 aliphatic heterocycles. The smallest absolute Gasteiger partial charge is 0.305 e. The summed E-state index contributed by atoms with van der Waals surface area (Å²) in [6.45, 7) is 3.27. The van der Waals surface area contributed by atoms with Gasteiger partial charge in [0.05, 0.1) is 13.2 Å². The molecule has 0 rings (SSSR count). The van der Waals surface area contributed by atoms with Gasteiger partial charge < -0.3 is 15.3 Å².